The number of nitrogens with one attached hydrogen (secondary N) is 1. The topological polar surface area (TPSA) is 108 Å². The molecule has 1 aromatic heterocycles. The van der Waals surface area contributed by atoms with Crippen molar-refractivity contribution in [1.29, 1.82) is 0 Å². The van der Waals surface area contributed by atoms with E-state index in [-0.39, 0.29) is 23.0 Å². The van der Waals surface area contributed by atoms with Crippen molar-refractivity contribution in [2.45, 2.75) is 39.0 Å². The van der Waals surface area contributed by atoms with E-state index >= 15 is 0 Å². The number of phenols is 1. The first-order chi connectivity index (χ1) is 16.4. The molecule has 34 heavy (non-hydrogen) atoms. The highest BCUT2D eigenvalue weighted by atomic mass is 32.2. The van der Waals surface area contributed by atoms with Crippen LogP contribution in [0.3, 0.4) is 0 Å². The number of aryl methyl sites for hydroxylation is 1. The van der Waals surface area contributed by atoms with Gasteiger partial charge in [0.05, 0.1) is 4.91 Å². The van der Waals surface area contributed by atoms with Crippen LogP contribution in [-0.2, 0) is 16.4 Å². The van der Waals surface area contributed by atoms with Crippen LogP contribution in [-0.4, -0.2) is 36.3 Å². The van der Waals surface area contributed by atoms with Crippen molar-refractivity contribution in [1.82, 2.24) is 9.97 Å². The van der Waals surface area contributed by atoms with Gasteiger partial charge in [0.2, 0.25) is 5.95 Å². The van der Waals surface area contributed by atoms with Crippen LogP contribution in [0, 0.1) is 5.92 Å². The van der Waals surface area contributed by atoms with Gasteiger partial charge in [-0.25, -0.2) is 4.98 Å². The summed E-state index contributed by atoms with van der Waals surface area (Å²) in [5, 5.41) is 12.9. The third kappa shape index (κ3) is 5.91. The van der Waals surface area contributed by atoms with Crippen LogP contribution in [0.5, 0.6) is 5.75 Å². The molecular formula is C25H29N5O3S. The molecule has 1 aliphatic heterocycles. The maximum Gasteiger partial charge on any atom is 0.278 e. The van der Waals surface area contributed by atoms with Crippen LogP contribution in [0.2, 0.25) is 0 Å². The number of phenolic OH excluding ortho intramolecular Hbond substituents is 1. The fourth-order valence-electron chi connectivity index (χ4n) is 3.70. The maximum absolute atomic E-state index is 12.6. The molecule has 0 atom stereocenters. The molecule has 2 N–H and O–H groups in total. The molecule has 2 aromatic rings. The Morgan fingerprint density at radius 1 is 1.32 bits per heavy atom. The monoisotopic (exact) mass is 479 g/mol. The second kappa shape index (κ2) is 10.2. The number of allylic oxidation sites excluding steroid dienone is 5. The summed E-state index contributed by atoms with van der Waals surface area (Å²) >= 11 is 0. The molecule has 0 amide bonds. The predicted octanol–water partition coefficient (Wildman–Crippen LogP) is 4.85. The first-order valence-corrected chi connectivity index (χ1v) is 12.8. The van der Waals surface area contributed by atoms with E-state index in [9.17, 15) is 13.5 Å². The van der Waals surface area contributed by atoms with Gasteiger partial charge in [-0.1, -0.05) is 6.08 Å². The highest BCUT2D eigenvalue weighted by Gasteiger charge is 2.22. The number of hydrogen-bond acceptors (Lipinski definition) is 7. The van der Waals surface area contributed by atoms with E-state index in [2.05, 4.69) is 31.2 Å². The molecule has 8 nitrogen and oxygen atoms in total. The molecule has 4 rings (SSSR count). The quantitative estimate of drug-likeness (QED) is 0.301. The smallest absolute Gasteiger partial charge is 0.278 e. The summed E-state index contributed by atoms with van der Waals surface area (Å²) in [6, 6.07) is 7.23. The number of sulfonamides is 1. The lowest BCUT2D eigenvalue weighted by molar-refractivity contribution is 0.474. The molecule has 0 bridgehead atoms. The zero-order valence-corrected chi connectivity index (χ0v) is 20.0. The minimum atomic E-state index is -3.73. The van der Waals surface area contributed by atoms with E-state index in [0.717, 1.165) is 49.3 Å². The van der Waals surface area contributed by atoms with E-state index in [1.165, 1.54) is 6.21 Å². The van der Waals surface area contributed by atoms with Crippen LogP contribution >= 0.6 is 0 Å². The standard InChI is InChI=1S/C25H29N5O3S/c1-3-5-22(34(32,33)27-17-19-8-9-19)11-7-18(2)28-25-26-14-13-24(29-25)30-15-4-6-20-16-21(31)10-12-23(20)30/h3,7,10-14,16-17,19,31H,1,4-6,8-9,15H2,2H3,(H,26,28,29)/b18-7+,22-11+,27-17+. The summed E-state index contributed by atoms with van der Waals surface area (Å²) in [4.78, 5) is 11.2. The van der Waals surface area contributed by atoms with Gasteiger partial charge in [0.25, 0.3) is 10.0 Å². The van der Waals surface area contributed by atoms with Crippen molar-refractivity contribution >= 4 is 33.7 Å². The SMILES string of the molecule is C=CC/C(=C\C=C(/C)Nc1nccc(N2CCCc3cc(O)ccc32)n1)S(=O)(=O)/N=C/C1CC1. The van der Waals surface area contributed by atoms with Gasteiger partial charge < -0.3 is 15.3 Å². The number of rotatable bonds is 9. The van der Waals surface area contributed by atoms with Crippen molar-refractivity contribution in [3.63, 3.8) is 0 Å². The maximum atomic E-state index is 12.6. The van der Waals surface area contributed by atoms with Crippen molar-refractivity contribution < 1.29 is 13.5 Å². The van der Waals surface area contributed by atoms with Gasteiger partial charge >= 0.3 is 0 Å². The van der Waals surface area contributed by atoms with Gasteiger partial charge in [-0.05, 0) is 80.5 Å². The molecular weight excluding hydrogens is 450 g/mol. The second-order valence-corrected chi connectivity index (χ2v) is 10.2. The average molecular weight is 480 g/mol. The lowest BCUT2D eigenvalue weighted by atomic mass is 10.0. The van der Waals surface area contributed by atoms with Gasteiger partial charge in [0, 0.05) is 36.8 Å². The average Bonchev–Trinajstić information content (AvgIpc) is 3.65. The zero-order chi connectivity index (χ0) is 24.1. The van der Waals surface area contributed by atoms with Gasteiger partial charge in [-0.15, -0.1) is 6.58 Å². The molecule has 1 aliphatic carbocycles. The second-order valence-electron chi connectivity index (χ2n) is 8.47. The first kappa shape index (κ1) is 23.7. The number of benzene rings is 1. The molecule has 1 aromatic carbocycles. The number of anilines is 3. The molecule has 2 aliphatic rings. The van der Waals surface area contributed by atoms with Crippen molar-refractivity contribution in [2.24, 2.45) is 10.3 Å². The fraction of sp³-hybridized carbons (Fsp3) is 0.320. The molecule has 0 unspecified atom stereocenters. The van der Waals surface area contributed by atoms with Crippen molar-refractivity contribution in [2.75, 3.05) is 16.8 Å². The van der Waals surface area contributed by atoms with Crippen LogP contribution in [0.25, 0.3) is 0 Å². The molecule has 0 saturated heterocycles. The Bertz CT molecular complexity index is 1260. The van der Waals surface area contributed by atoms with Gasteiger partial charge in [0.15, 0.2) is 0 Å². The number of hydrogen-bond donors (Lipinski definition) is 2. The normalized spacial score (nSPS) is 17.0. The van der Waals surface area contributed by atoms with E-state index < -0.39 is 10.0 Å². The van der Waals surface area contributed by atoms with Crippen molar-refractivity contribution in [3.8, 4) is 5.75 Å². The summed E-state index contributed by atoms with van der Waals surface area (Å²) < 4.78 is 28.9. The number of aromatic nitrogens is 2. The van der Waals surface area contributed by atoms with E-state index in [1.807, 2.05) is 19.1 Å². The van der Waals surface area contributed by atoms with E-state index in [4.69, 9.17) is 0 Å². The number of aromatic hydroxyl groups is 1. The predicted molar refractivity (Wildman–Crippen MR) is 136 cm³/mol. The molecule has 1 saturated carbocycles. The Morgan fingerprint density at radius 2 is 2.15 bits per heavy atom. The minimum absolute atomic E-state index is 0.184. The van der Waals surface area contributed by atoms with Gasteiger partial charge in [0.1, 0.15) is 11.6 Å². The van der Waals surface area contributed by atoms with Crippen molar-refractivity contribution in [3.05, 3.63) is 71.4 Å². The molecule has 9 heteroatoms. The third-order valence-corrected chi connectivity index (χ3v) is 7.00. The molecule has 1 fully saturated rings. The number of nitrogens with zero attached hydrogens (tertiary/aromatic N) is 4. The Morgan fingerprint density at radius 3 is 2.91 bits per heavy atom. The summed E-state index contributed by atoms with van der Waals surface area (Å²) in [6.07, 6.45) is 12.0. The minimum Gasteiger partial charge on any atom is -0.508 e. The lowest BCUT2D eigenvalue weighted by Gasteiger charge is -2.30. The highest BCUT2D eigenvalue weighted by molar-refractivity contribution is 7.94. The van der Waals surface area contributed by atoms with Crippen LogP contribution in [0.4, 0.5) is 17.5 Å². The molecule has 178 valence electrons. The Hall–Kier alpha value is -3.46. The Balaban J connectivity index is 1.52. The van der Waals surface area contributed by atoms with Crippen LogP contribution < -0.4 is 10.2 Å². The largest absolute Gasteiger partial charge is 0.508 e. The van der Waals surface area contributed by atoms with E-state index in [0.29, 0.717) is 11.6 Å². The third-order valence-electron chi connectivity index (χ3n) is 5.64. The zero-order valence-electron chi connectivity index (χ0n) is 19.2. The van der Waals surface area contributed by atoms with Crippen LogP contribution in [0.15, 0.2) is 70.3 Å². The summed E-state index contributed by atoms with van der Waals surface area (Å²) in [6.45, 7) is 6.29. The lowest BCUT2D eigenvalue weighted by Crippen LogP contribution is -2.25. The number of fused-ring (bicyclic) bond motifs is 1. The summed E-state index contributed by atoms with van der Waals surface area (Å²) in [7, 11) is -3.73. The summed E-state index contributed by atoms with van der Waals surface area (Å²) in [5.41, 5.74) is 2.79. The van der Waals surface area contributed by atoms with Gasteiger partial charge in [-0.2, -0.15) is 17.8 Å². The van der Waals surface area contributed by atoms with E-state index in [1.54, 1.807) is 36.6 Å². The Labute approximate surface area is 200 Å². The Kier molecular flexibility index (Phi) is 7.12. The van der Waals surface area contributed by atoms with Gasteiger partial charge in [-0.3, -0.25) is 0 Å². The summed E-state index contributed by atoms with van der Waals surface area (Å²) in [5.74, 6) is 1.69. The highest BCUT2D eigenvalue weighted by Crippen LogP contribution is 2.34. The fourth-order valence-corrected chi connectivity index (χ4v) is 4.73. The molecule has 0 radical (unpaired) electrons. The first-order valence-electron chi connectivity index (χ1n) is 11.3. The molecule has 2 heterocycles. The van der Waals surface area contributed by atoms with Crippen LogP contribution in [0.1, 0.15) is 38.2 Å². The molecule has 0 spiro atoms.